The second-order valence-electron chi connectivity index (χ2n) is 4.91. The largest absolute Gasteiger partial charge is 0.494 e. The Morgan fingerprint density at radius 2 is 2.17 bits per heavy atom. The van der Waals surface area contributed by atoms with E-state index in [9.17, 15) is 4.79 Å². The van der Waals surface area contributed by atoms with Crippen LogP contribution in [-0.4, -0.2) is 38.9 Å². The fourth-order valence-corrected chi connectivity index (χ4v) is 2.94. The summed E-state index contributed by atoms with van der Waals surface area (Å²) < 4.78 is 7.02. The summed E-state index contributed by atoms with van der Waals surface area (Å²) in [6.45, 7) is 3.13. The van der Waals surface area contributed by atoms with Crippen LogP contribution in [0.4, 0.5) is 0 Å². The van der Waals surface area contributed by atoms with Crippen molar-refractivity contribution in [2.24, 2.45) is 0 Å². The first-order chi connectivity index (χ1) is 11.2. The lowest BCUT2D eigenvalue weighted by Crippen LogP contribution is -2.27. The van der Waals surface area contributed by atoms with Crippen molar-refractivity contribution in [2.45, 2.75) is 19.8 Å². The molecule has 0 aliphatic rings. The summed E-state index contributed by atoms with van der Waals surface area (Å²) in [5, 5.41) is 15.8. The van der Waals surface area contributed by atoms with Crippen LogP contribution in [0, 0.1) is 0 Å². The molecule has 3 rings (SSSR count). The van der Waals surface area contributed by atoms with E-state index in [0.29, 0.717) is 26.0 Å². The molecular formula is C15H17N5O2S. The van der Waals surface area contributed by atoms with Crippen LogP contribution in [0.2, 0.25) is 0 Å². The Kier molecular flexibility index (Phi) is 4.82. The lowest BCUT2D eigenvalue weighted by atomic mass is 10.1. The highest BCUT2D eigenvalue weighted by Crippen LogP contribution is 2.13. The Balaban J connectivity index is 1.44. The third-order valence-corrected chi connectivity index (χ3v) is 4.16. The minimum absolute atomic E-state index is 0.00263. The first kappa shape index (κ1) is 15.4. The molecule has 120 valence electrons. The number of hydrogen-bond acceptors (Lipinski definition) is 6. The first-order valence-electron chi connectivity index (χ1n) is 7.39. The van der Waals surface area contributed by atoms with Crippen LogP contribution in [0.15, 0.2) is 30.6 Å². The average molecular weight is 331 g/mol. The average Bonchev–Trinajstić information content (AvgIpc) is 3.11. The van der Waals surface area contributed by atoms with Crippen LogP contribution in [-0.2, 0) is 17.6 Å². The van der Waals surface area contributed by atoms with Crippen LogP contribution in [0.5, 0.6) is 5.75 Å². The Hall–Kier alpha value is -2.48. The van der Waals surface area contributed by atoms with Crippen LogP contribution >= 0.6 is 11.3 Å². The maximum atomic E-state index is 11.9. The van der Waals surface area contributed by atoms with Crippen molar-refractivity contribution < 1.29 is 9.53 Å². The Labute approximate surface area is 137 Å². The van der Waals surface area contributed by atoms with E-state index < -0.39 is 0 Å². The summed E-state index contributed by atoms with van der Waals surface area (Å²) in [5.74, 6) is 0.817. The standard InChI is InChI=1S/C15H17N5O2S/c1-2-22-12-5-3-11(4-6-12)9-13(21)16-8-7-14-19-20-10-17-18-15(20)23-14/h3-6,10H,2,7-9H2,1H3,(H,16,21). The monoisotopic (exact) mass is 331 g/mol. The van der Waals surface area contributed by atoms with Crippen molar-refractivity contribution in [3.63, 3.8) is 0 Å². The molecule has 0 aliphatic carbocycles. The highest BCUT2D eigenvalue weighted by molar-refractivity contribution is 7.16. The van der Waals surface area contributed by atoms with Gasteiger partial charge in [-0.3, -0.25) is 4.79 Å². The van der Waals surface area contributed by atoms with Crippen molar-refractivity contribution in [3.8, 4) is 5.75 Å². The van der Waals surface area contributed by atoms with E-state index in [-0.39, 0.29) is 5.91 Å². The van der Waals surface area contributed by atoms with E-state index in [1.54, 1.807) is 10.8 Å². The Morgan fingerprint density at radius 3 is 2.91 bits per heavy atom. The zero-order valence-electron chi connectivity index (χ0n) is 12.7. The van der Waals surface area contributed by atoms with Crippen molar-refractivity contribution in [1.82, 2.24) is 25.1 Å². The number of nitrogens with one attached hydrogen (secondary N) is 1. The van der Waals surface area contributed by atoms with E-state index in [1.165, 1.54) is 11.3 Å². The van der Waals surface area contributed by atoms with Crippen molar-refractivity contribution in [2.75, 3.05) is 13.2 Å². The molecule has 0 spiro atoms. The summed E-state index contributed by atoms with van der Waals surface area (Å²) in [6, 6.07) is 7.58. The fourth-order valence-electron chi connectivity index (χ4n) is 2.13. The number of hydrogen-bond donors (Lipinski definition) is 1. The van der Waals surface area contributed by atoms with Gasteiger partial charge in [0, 0.05) is 13.0 Å². The van der Waals surface area contributed by atoms with E-state index in [0.717, 1.165) is 21.3 Å². The summed E-state index contributed by atoms with van der Waals surface area (Å²) in [7, 11) is 0. The second-order valence-corrected chi connectivity index (χ2v) is 5.95. The Morgan fingerprint density at radius 1 is 1.35 bits per heavy atom. The van der Waals surface area contributed by atoms with E-state index in [4.69, 9.17) is 4.74 Å². The summed E-state index contributed by atoms with van der Waals surface area (Å²) in [4.78, 5) is 12.7. The number of amides is 1. The summed E-state index contributed by atoms with van der Waals surface area (Å²) in [5.41, 5.74) is 0.963. The number of carbonyl (C=O) groups excluding carboxylic acids is 1. The van der Waals surface area contributed by atoms with Gasteiger partial charge >= 0.3 is 0 Å². The smallest absolute Gasteiger partial charge is 0.234 e. The molecule has 0 bridgehead atoms. The number of rotatable bonds is 7. The SMILES string of the molecule is CCOc1ccc(CC(=O)NCCc2nn3cnnc3s2)cc1. The highest BCUT2D eigenvalue weighted by Gasteiger charge is 2.07. The molecule has 23 heavy (non-hydrogen) atoms. The van der Waals surface area contributed by atoms with Gasteiger partial charge in [-0.15, -0.1) is 10.2 Å². The molecular weight excluding hydrogens is 314 g/mol. The van der Waals surface area contributed by atoms with Crippen molar-refractivity contribution in [1.29, 1.82) is 0 Å². The number of fused-ring (bicyclic) bond motifs is 1. The molecule has 0 unspecified atom stereocenters. The molecule has 0 atom stereocenters. The molecule has 1 aromatic carbocycles. The highest BCUT2D eigenvalue weighted by atomic mass is 32.1. The van der Waals surface area contributed by atoms with Crippen molar-refractivity contribution >= 4 is 22.2 Å². The molecule has 2 aromatic heterocycles. The molecule has 8 heteroatoms. The predicted octanol–water partition coefficient (Wildman–Crippen LogP) is 1.49. The molecule has 0 saturated heterocycles. The van der Waals surface area contributed by atoms with Crippen LogP contribution < -0.4 is 10.1 Å². The Bertz CT molecular complexity index is 752. The third-order valence-electron chi connectivity index (χ3n) is 3.19. The van der Waals surface area contributed by atoms with Gasteiger partial charge in [0.15, 0.2) is 0 Å². The van der Waals surface area contributed by atoms with Gasteiger partial charge in [-0.2, -0.15) is 9.61 Å². The maximum absolute atomic E-state index is 11.9. The van der Waals surface area contributed by atoms with Gasteiger partial charge in [0.1, 0.15) is 17.1 Å². The van der Waals surface area contributed by atoms with E-state index in [1.807, 2.05) is 31.2 Å². The topological polar surface area (TPSA) is 81.4 Å². The molecule has 1 amide bonds. The van der Waals surface area contributed by atoms with Crippen LogP contribution in [0.3, 0.4) is 0 Å². The zero-order valence-corrected chi connectivity index (χ0v) is 13.5. The molecule has 0 radical (unpaired) electrons. The van der Waals surface area contributed by atoms with Gasteiger partial charge in [0.25, 0.3) is 0 Å². The van der Waals surface area contributed by atoms with E-state index >= 15 is 0 Å². The third kappa shape index (κ3) is 4.04. The van der Waals surface area contributed by atoms with Gasteiger partial charge in [0.2, 0.25) is 10.9 Å². The summed E-state index contributed by atoms with van der Waals surface area (Å²) in [6.07, 6.45) is 2.61. The number of ether oxygens (including phenoxy) is 1. The molecule has 0 aliphatic heterocycles. The molecule has 1 N–H and O–H groups in total. The predicted molar refractivity (Wildman–Crippen MR) is 86.7 cm³/mol. The molecule has 7 nitrogen and oxygen atoms in total. The number of aromatic nitrogens is 4. The van der Waals surface area contributed by atoms with Gasteiger partial charge in [-0.05, 0) is 24.6 Å². The van der Waals surface area contributed by atoms with Crippen LogP contribution in [0.25, 0.3) is 4.96 Å². The minimum atomic E-state index is -0.00263. The van der Waals surface area contributed by atoms with Crippen LogP contribution in [0.1, 0.15) is 17.5 Å². The second kappa shape index (κ2) is 7.19. The van der Waals surface area contributed by atoms with Gasteiger partial charge < -0.3 is 10.1 Å². The molecule has 0 saturated carbocycles. The number of carbonyl (C=O) groups is 1. The molecule has 3 aromatic rings. The first-order valence-corrected chi connectivity index (χ1v) is 8.20. The zero-order chi connectivity index (χ0) is 16.1. The molecule has 2 heterocycles. The number of benzene rings is 1. The van der Waals surface area contributed by atoms with Gasteiger partial charge in [-0.1, -0.05) is 23.5 Å². The lowest BCUT2D eigenvalue weighted by Gasteiger charge is -2.06. The van der Waals surface area contributed by atoms with Crippen molar-refractivity contribution in [3.05, 3.63) is 41.2 Å². The lowest BCUT2D eigenvalue weighted by molar-refractivity contribution is -0.120. The quantitative estimate of drug-likeness (QED) is 0.709. The van der Waals surface area contributed by atoms with E-state index in [2.05, 4.69) is 20.6 Å². The summed E-state index contributed by atoms with van der Waals surface area (Å²) >= 11 is 1.48. The minimum Gasteiger partial charge on any atom is -0.494 e. The van der Waals surface area contributed by atoms with Gasteiger partial charge in [0.05, 0.1) is 13.0 Å². The molecule has 0 fully saturated rings. The fraction of sp³-hybridized carbons (Fsp3) is 0.333. The maximum Gasteiger partial charge on any atom is 0.234 e. The number of nitrogens with zero attached hydrogens (tertiary/aromatic N) is 4. The van der Waals surface area contributed by atoms with Gasteiger partial charge in [-0.25, -0.2) is 0 Å². The normalized spacial score (nSPS) is 10.8.